The van der Waals surface area contributed by atoms with Gasteiger partial charge in [-0.3, -0.25) is 4.79 Å². The Labute approximate surface area is 160 Å². The van der Waals surface area contributed by atoms with Crippen LogP contribution in [0.15, 0.2) is 47.4 Å². The van der Waals surface area contributed by atoms with E-state index in [1.54, 1.807) is 4.57 Å². The molecule has 2 heterocycles. The lowest BCUT2D eigenvalue weighted by molar-refractivity contribution is 0.165. The van der Waals surface area contributed by atoms with Gasteiger partial charge in [0.2, 0.25) is 0 Å². The molecule has 0 bridgehead atoms. The Bertz CT molecular complexity index is 780. The number of unbranched alkanes of at least 4 members (excludes halogenated alkanes) is 1. The predicted molar refractivity (Wildman–Crippen MR) is 107 cm³/mol. The van der Waals surface area contributed by atoms with Gasteiger partial charge < -0.3 is 14.6 Å². The summed E-state index contributed by atoms with van der Waals surface area (Å²) < 4.78 is 1.70. The summed E-state index contributed by atoms with van der Waals surface area (Å²) in [4.78, 5) is 14.7. The van der Waals surface area contributed by atoms with Crippen molar-refractivity contribution >= 4 is 17.3 Å². The molecule has 1 aliphatic heterocycles. The van der Waals surface area contributed by atoms with Crippen LogP contribution in [0.3, 0.4) is 0 Å². The number of aryl methyl sites for hydroxylation is 1. The molecule has 3 rings (SSSR count). The Balaban J connectivity index is 1.78. The zero-order chi connectivity index (χ0) is 18.6. The van der Waals surface area contributed by atoms with Crippen molar-refractivity contribution in [3.63, 3.8) is 0 Å². The molecule has 0 aliphatic carbocycles. The van der Waals surface area contributed by atoms with E-state index in [0.717, 1.165) is 44.5 Å². The van der Waals surface area contributed by atoms with Crippen molar-refractivity contribution in [2.24, 2.45) is 0 Å². The number of pyridine rings is 1. The summed E-state index contributed by atoms with van der Waals surface area (Å²) in [6, 6.07) is 12.2. The first kappa shape index (κ1) is 19.0. The van der Waals surface area contributed by atoms with E-state index in [0.29, 0.717) is 11.6 Å². The summed E-state index contributed by atoms with van der Waals surface area (Å²) in [5.41, 5.74) is 1.67. The van der Waals surface area contributed by atoms with Gasteiger partial charge in [-0.1, -0.05) is 55.3 Å². The van der Waals surface area contributed by atoms with Crippen molar-refractivity contribution < 1.29 is 5.11 Å². The molecule has 1 N–H and O–H groups in total. The van der Waals surface area contributed by atoms with Gasteiger partial charge in [-0.25, -0.2) is 0 Å². The van der Waals surface area contributed by atoms with Crippen LogP contribution in [0, 0.1) is 0 Å². The number of piperidine rings is 1. The predicted octanol–water partition coefficient (Wildman–Crippen LogP) is 3.83. The number of anilines is 1. The molecule has 2 aromatic rings. The summed E-state index contributed by atoms with van der Waals surface area (Å²) in [5, 5.41) is 10.4. The molecule has 1 aliphatic rings. The van der Waals surface area contributed by atoms with Gasteiger partial charge in [-0.2, -0.15) is 0 Å². The third-order valence-corrected chi connectivity index (χ3v) is 5.94. The SMILES string of the molecule is CCCCn1ccc(N2CCC(CO)(c3ccccc3)CC2)c(Cl)c1=O. The third-order valence-electron chi connectivity index (χ3n) is 5.59. The number of aliphatic hydroxyl groups is 1. The Morgan fingerprint density at radius 1 is 1.15 bits per heavy atom. The Kier molecular flexibility index (Phi) is 6.05. The molecule has 1 saturated heterocycles. The van der Waals surface area contributed by atoms with Crippen LogP contribution >= 0.6 is 11.6 Å². The van der Waals surface area contributed by atoms with E-state index in [1.165, 1.54) is 5.56 Å². The van der Waals surface area contributed by atoms with Crippen molar-refractivity contribution in [2.45, 2.75) is 44.6 Å². The smallest absolute Gasteiger partial charge is 0.271 e. The Morgan fingerprint density at radius 2 is 1.85 bits per heavy atom. The number of aromatic nitrogens is 1. The summed E-state index contributed by atoms with van der Waals surface area (Å²) in [5.74, 6) is 0. The molecule has 0 radical (unpaired) electrons. The fourth-order valence-electron chi connectivity index (χ4n) is 3.79. The molecule has 5 heteroatoms. The van der Waals surface area contributed by atoms with Crippen LogP contribution in [-0.2, 0) is 12.0 Å². The zero-order valence-corrected chi connectivity index (χ0v) is 16.1. The maximum Gasteiger partial charge on any atom is 0.271 e. The van der Waals surface area contributed by atoms with Gasteiger partial charge in [0.1, 0.15) is 5.02 Å². The topological polar surface area (TPSA) is 45.5 Å². The molecule has 26 heavy (non-hydrogen) atoms. The Morgan fingerprint density at radius 3 is 2.46 bits per heavy atom. The van der Waals surface area contributed by atoms with Crippen LogP contribution in [0.4, 0.5) is 5.69 Å². The fraction of sp³-hybridized carbons (Fsp3) is 0.476. The highest BCUT2D eigenvalue weighted by Crippen LogP contribution is 2.37. The highest BCUT2D eigenvalue weighted by molar-refractivity contribution is 6.33. The van der Waals surface area contributed by atoms with Crippen LogP contribution in [0.2, 0.25) is 5.02 Å². The lowest BCUT2D eigenvalue weighted by Gasteiger charge is -2.42. The number of aliphatic hydroxyl groups excluding tert-OH is 1. The summed E-state index contributed by atoms with van der Waals surface area (Å²) in [7, 11) is 0. The normalized spacial score (nSPS) is 16.7. The minimum atomic E-state index is -0.208. The molecule has 1 aromatic carbocycles. The van der Waals surface area contributed by atoms with Gasteiger partial charge in [-0.05, 0) is 30.9 Å². The van der Waals surface area contributed by atoms with E-state index in [-0.39, 0.29) is 17.6 Å². The van der Waals surface area contributed by atoms with Gasteiger partial charge >= 0.3 is 0 Å². The molecule has 0 spiro atoms. The number of halogens is 1. The minimum absolute atomic E-state index is 0.111. The molecular weight excluding hydrogens is 348 g/mol. The third kappa shape index (κ3) is 3.67. The van der Waals surface area contributed by atoms with Crippen molar-refractivity contribution in [2.75, 3.05) is 24.6 Å². The fourth-order valence-corrected chi connectivity index (χ4v) is 4.08. The molecule has 0 unspecified atom stereocenters. The summed E-state index contributed by atoms with van der Waals surface area (Å²) in [6.07, 6.45) is 5.53. The van der Waals surface area contributed by atoms with E-state index < -0.39 is 0 Å². The zero-order valence-electron chi connectivity index (χ0n) is 15.3. The second-order valence-electron chi connectivity index (χ2n) is 7.16. The second-order valence-corrected chi connectivity index (χ2v) is 7.54. The van der Waals surface area contributed by atoms with E-state index in [4.69, 9.17) is 11.6 Å². The van der Waals surface area contributed by atoms with E-state index in [2.05, 4.69) is 24.0 Å². The number of hydrogen-bond acceptors (Lipinski definition) is 3. The standard InChI is InChI=1S/C21H27ClN2O2/c1-2-3-12-24-13-9-18(19(22)20(24)26)23-14-10-21(16-25,11-15-23)17-7-5-4-6-8-17/h4-9,13,25H,2-3,10-12,14-16H2,1H3. The maximum absolute atomic E-state index is 12.5. The molecule has 1 aromatic heterocycles. The van der Waals surface area contributed by atoms with Crippen LogP contribution in [0.25, 0.3) is 0 Å². The van der Waals surface area contributed by atoms with Gasteiger partial charge in [0, 0.05) is 31.2 Å². The molecule has 1 fully saturated rings. The van der Waals surface area contributed by atoms with E-state index >= 15 is 0 Å². The van der Waals surface area contributed by atoms with Crippen LogP contribution in [-0.4, -0.2) is 29.4 Å². The second kappa shape index (κ2) is 8.28. The van der Waals surface area contributed by atoms with Crippen molar-refractivity contribution in [3.05, 3.63) is 63.5 Å². The van der Waals surface area contributed by atoms with Gasteiger partial charge in [-0.15, -0.1) is 0 Å². The van der Waals surface area contributed by atoms with Crippen LogP contribution in [0.5, 0.6) is 0 Å². The molecular formula is C21H27ClN2O2. The largest absolute Gasteiger partial charge is 0.395 e. The van der Waals surface area contributed by atoms with Gasteiger partial charge in [0.25, 0.3) is 5.56 Å². The first-order valence-electron chi connectivity index (χ1n) is 9.41. The van der Waals surface area contributed by atoms with Crippen LogP contribution < -0.4 is 10.5 Å². The first-order valence-corrected chi connectivity index (χ1v) is 9.79. The van der Waals surface area contributed by atoms with E-state index in [1.807, 2.05) is 30.5 Å². The minimum Gasteiger partial charge on any atom is -0.395 e. The maximum atomic E-state index is 12.5. The number of nitrogens with zero attached hydrogens (tertiary/aromatic N) is 2. The molecule has 0 amide bonds. The average Bonchev–Trinajstić information content (AvgIpc) is 2.70. The number of hydrogen-bond donors (Lipinski definition) is 1. The lowest BCUT2D eigenvalue weighted by atomic mass is 9.73. The summed E-state index contributed by atoms with van der Waals surface area (Å²) in [6.45, 7) is 4.49. The van der Waals surface area contributed by atoms with Crippen molar-refractivity contribution in [1.29, 1.82) is 0 Å². The highest BCUT2D eigenvalue weighted by Gasteiger charge is 2.36. The van der Waals surface area contributed by atoms with Crippen LogP contribution in [0.1, 0.15) is 38.2 Å². The monoisotopic (exact) mass is 374 g/mol. The Hall–Kier alpha value is -1.78. The van der Waals surface area contributed by atoms with E-state index in [9.17, 15) is 9.90 Å². The molecule has 4 nitrogen and oxygen atoms in total. The first-order chi connectivity index (χ1) is 12.6. The van der Waals surface area contributed by atoms with Crippen molar-refractivity contribution in [1.82, 2.24) is 4.57 Å². The van der Waals surface area contributed by atoms with Crippen molar-refractivity contribution in [3.8, 4) is 0 Å². The molecule has 0 atom stereocenters. The lowest BCUT2D eigenvalue weighted by Crippen LogP contribution is -2.45. The highest BCUT2D eigenvalue weighted by atomic mass is 35.5. The average molecular weight is 375 g/mol. The quantitative estimate of drug-likeness (QED) is 0.835. The van der Waals surface area contributed by atoms with Gasteiger partial charge in [0.15, 0.2) is 0 Å². The molecule has 0 saturated carbocycles. The number of rotatable bonds is 6. The van der Waals surface area contributed by atoms with Gasteiger partial charge in [0.05, 0.1) is 12.3 Å². The molecule has 140 valence electrons. The summed E-state index contributed by atoms with van der Waals surface area (Å²) >= 11 is 6.41. The number of benzene rings is 1.